The average Bonchev–Trinajstić information content (AvgIpc) is 2.37. The number of benzene rings is 1. The standard InChI is InChI=1S/C12H9F5N2O2/c13-6-2-1-3-7(14)9(6)11(20)19-12(21)18-5-4-8(15)10(16)17/h1-3H,4-5H2,(H2,18,19,20,21). The molecule has 0 bridgehead atoms. The Morgan fingerprint density at radius 2 is 1.62 bits per heavy atom. The molecule has 1 aromatic rings. The molecule has 0 aliphatic rings. The molecule has 0 radical (unpaired) electrons. The molecule has 0 aliphatic carbocycles. The van der Waals surface area contributed by atoms with E-state index in [0.717, 1.165) is 18.2 Å². The van der Waals surface area contributed by atoms with E-state index in [1.54, 1.807) is 5.32 Å². The molecule has 1 aromatic carbocycles. The quantitative estimate of drug-likeness (QED) is 0.840. The van der Waals surface area contributed by atoms with E-state index < -0.39 is 54.0 Å². The van der Waals surface area contributed by atoms with E-state index in [-0.39, 0.29) is 0 Å². The van der Waals surface area contributed by atoms with Gasteiger partial charge in [-0.3, -0.25) is 10.1 Å². The molecule has 3 amide bonds. The van der Waals surface area contributed by atoms with Gasteiger partial charge >= 0.3 is 12.1 Å². The second kappa shape index (κ2) is 7.36. The number of halogens is 5. The van der Waals surface area contributed by atoms with Crippen molar-refractivity contribution in [3.05, 3.63) is 47.3 Å². The van der Waals surface area contributed by atoms with E-state index in [9.17, 15) is 31.5 Å². The van der Waals surface area contributed by atoms with Crippen LogP contribution in [0.4, 0.5) is 26.7 Å². The molecule has 0 spiro atoms. The van der Waals surface area contributed by atoms with Crippen LogP contribution in [0.15, 0.2) is 30.1 Å². The Kier molecular flexibility index (Phi) is 5.82. The van der Waals surface area contributed by atoms with Crippen LogP contribution in [0.2, 0.25) is 0 Å². The molecule has 9 heteroatoms. The first kappa shape index (κ1) is 16.6. The van der Waals surface area contributed by atoms with E-state index in [4.69, 9.17) is 0 Å². The van der Waals surface area contributed by atoms with Crippen LogP contribution in [0.3, 0.4) is 0 Å². The average molecular weight is 308 g/mol. The van der Waals surface area contributed by atoms with E-state index in [1.807, 2.05) is 5.32 Å². The predicted molar refractivity (Wildman–Crippen MR) is 62.2 cm³/mol. The van der Waals surface area contributed by atoms with Crippen molar-refractivity contribution in [3.8, 4) is 0 Å². The minimum absolute atomic E-state index is 0.526. The molecule has 4 nitrogen and oxygen atoms in total. The smallest absolute Gasteiger partial charge is 0.321 e. The summed E-state index contributed by atoms with van der Waals surface area (Å²) in [6, 6.07) is 1.47. The maximum atomic E-state index is 13.2. The summed E-state index contributed by atoms with van der Waals surface area (Å²) in [6.07, 6.45) is -3.29. The molecule has 1 rings (SSSR count). The third-order valence-corrected chi connectivity index (χ3v) is 2.25. The van der Waals surface area contributed by atoms with Gasteiger partial charge in [0, 0.05) is 13.0 Å². The van der Waals surface area contributed by atoms with Gasteiger partial charge in [0.15, 0.2) is 5.83 Å². The lowest BCUT2D eigenvalue weighted by Crippen LogP contribution is -2.40. The second-order valence-electron chi connectivity index (χ2n) is 3.72. The van der Waals surface area contributed by atoms with Crippen molar-refractivity contribution in [2.45, 2.75) is 6.42 Å². The Morgan fingerprint density at radius 3 is 2.14 bits per heavy atom. The zero-order chi connectivity index (χ0) is 16.0. The van der Waals surface area contributed by atoms with Gasteiger partial charge in [-0.15, -0.1) is 0 Å². The van der Waals surface area contributed by atoms with Gasteiger partial charge in [0.2, 0.25) is 0 Å². The number of rotatable bonds is 4. The number of nitrogens with one attached hydrogen (secondary N) is 2. The zero-order valence-corrected chi connectivity index (χ0v) is 10.4. The van der Waals surface area contributed by atoms with Crippen molar-refractivity contribution in [1.82, 2.24) is 10.6 Å². The Bertz CT molecular complexity index is 565. The molecule has 0 heterocycles. The molecular weight excluding hydrogens is 299 g/mol. The summed E-state index contributed by atoms with van der Waals surface area (Å²) in [5.74, 6) is -5.40. The van der Waals surface area contributed by atoms with Crippen LogP contribution in [0.1, 0.15) is 16.8 Å². The van der Waals surface area contributed by atoms with Crippen molar-refractivity contribution in [2.24, 2.45) is 0 Å². The first-order valence-corrected chi connectivity index (χ1v) is 5.55. The van der Waals surface area contributed by atoms with Crippen LogP contribution in [-0.4, -0.2) is 18.5 Å². The number of hydrogen-bond donors (Lipinski definition) is 2. The summed E-state index contributed by atoms with van der Waals surface area (Å²) in [7, 11) is 0. The van der Waals surface area contributed by atoms with Crippen molar-refractivity contribution >= 4 is 11.9 Å². The highest BCUT2D eigenvalue weighted by Gasteiger charge is 2.19. The van der Waals surface area contributed by atoms with Crippen molar-refractivity contribution < 1.29 is 31.5 Å². The van der Waals surface area contributed by atoms with Crippen molar-refractivity contribution in [3.63, 3.8) is 0 Å². The summed E-state index contributed by atoms with van der Waals surface area (Å²) in [4.78, 5) is 22.6. The number of carbonyl (C=O) groups excluding carboxylic acids is 2. The Morgan fingerprint density at radius 1 is 1.05 bits per heavy atom. The van der Waals surface area contributed by atoms with Crippen LogP contribution in [0.25, 0.3) is 0 Å². The Labute approximate surface area is 115 Å². The molecule has 0 unspecified atom stereocenters. The predicted octanol–water partition coefficient (Wildman–Crippen LogP) is 2.87. The Balaban J connectivity index is 2.56. The highest BCUT2D eigenvalue weighted by atomic mass is 19.3. The van der Waals surface area contributed by atoms with Gasteiger partial charge in [-0.25, -0.2) is 18.0 Å². The molecule has 0 fully saturated rings. The van der Waals surface area contributed by atoms with Crippen molar-refractivity contribution in [1.29, 1.82) is 0 Å². The number of urea groups is 1. The second-order valence-corrected chi connectivity index (χ2v) is 3.72. The maximum Gasteiger partial charge on any atom is 0.321 e. The van der Waals surface area contributed by atoms with E-state index >= 15 is 0 Å². The number of carbonyl (C=O) groups is 2. The van der Waals surface area contributed by atoms with Crippen LogP contribution < -0.4 is 10.6 Å². The topological polar surface area (TPSA) is 58.2 Å². The molecule has 0 saturated heterocycles. The fraction of sp³-hybridized carbons (Fsp3) is 0.167. The van der Waals surface area contributed by atoms with E-state index in [0.29, 0.717) is 0 Å². The van der Waals surface area contributed by atoms with Gasteiger partial charge in [-0.2, -0.15) is 8.78 Å². The van der Waals surface area contributed by atoms with Gasteiger partial charge in [-0.1, -0.05) is 6.07 Å². The minimum Gasteiger partial charge on any atom is -0.337 e. The summed E-state index contributed by atoms with van der Waals surface area (Å²) in [5, 5.41) is 3.47. The van der Waals surface area contributed by atoms with Gasteiger partial charge in [-0.05, 0) is 12.1 Å². The van der Waals surface area contributed by atoms with Gasteiger partial charge in [0.05, 0.1) is 0 Å². The molecule has 0 aliphatic heterocycles. The van der Waals surface area contributed by atoms with E-state index in [2.05, 4.69) is 0 Å². The lowest BCUT2D eigenvalue weighted by atomic mass is 10.2. The van der Waals surface area contributed by atoms with Crippen LogP contribution in [0.5, 0.6) is 0 Å². The first-order valence-electron chi connectivity index (χ1n) is 5.55. The summed E-state index contributed by atoms with van der Waals surface area (Å²) >= 11 is 0. The van der Waals surface area contributed by atoms with E-state index in [1.165, 1.54) is 0 Å². The van der Waals surface area contributed by atoms with Crippen LogP contribution in [-0.2, 0) is 0 Å². The molecule has 0 aromatic heterocycles. The lowest BCUT2D eigenvalue weighted by Gasteiger charge is -2.07. The van der Waals surface area contributed by atoms with Gasteiger partial charge < -0.3 is 5.32 Å². The highest BCUT2D eigenvalue weighted by molar-refractivity contribution is 6.04. The largest absolute Gasteiger partial charge is 0.337 e. The number of hydrogen-bond acceptors (Lipinski definition) is 2. The monoisotopic (exact) mass is 308 g/mol. The summed E-state index contributed by atoms with van der Waals surface area (Å²) < 4.78 is 62.3. The first-order chi connectivity index (χ1) is 9.82. The van der Waals surface area contributed by atoms with Gasteiger partial charge in [0.1, 0.15) is 17.2 Å². The number of amides is 3. The zero-order valence-electron chi connectivity index (χ0n) is 10.4. The fourth-order valence-electron chi connectivity index (χ4n) is 1.30. The van der Waals surface area contributed by atoms with Crippen molar-refractivity contribution in [2.75, 3.05) is 6.54 Å². The molecular formula is C12H9F5N2O2. The molecule has 0 atom stereocenters. The minimum atomic E-state index is -2.51. The van der Waals surface area contributed by atoms with Crippen LogP contribution in [0, 0.1) is 11.6 Å². The third-order valence-electron chi connectivity index (χ3n) is 2.25. The Hall–Kier alpha value is -2.45. The number of imide groups is 1. The summed E-state index contributed by atoms with van der Waals surface area (Å²) in [5.41, 5.74) is -0.964. The molecule has 0 saturated carbocycles. The summed E-state index contributed by atoms with van der Waals surface area (Å²) in [6.45, 7) is -0.526. The third kappa shape index (κ3) is 4.86. The van der Waals surface area contributed by atoms with Crippen LogP contribution >= 0.6 is 0 Å². The normalized spacial score (nSPS) is 9.95. The molecule has 2 N–H and O–H groups in total. The fourth-order valence-corrected chi connectivity index (χ4v) is 1.30. The molecule has 114 valence electrons. The molecule has 21 heavy (non-hydrogen) atoms. The lowest BCUT2D eigenvalue weighted by molar-refractivity contribution is 0.0956. The maximum absolute atomic E-state index is 13.2. The SMILES string of the molecule is O=C(NCCC(F)=C(F)F)NC(=O)c1c(F)cccc1F. The highest BCUT2D eigenvalue weighted by Crippen LogP contribution is 2.12. The van der Waals surface area contributed by atoms with Gasteiger partial charge in [0.25, 0.3) is 5.91 Å².